The molecule has 22 heavy (non-hydrogen) atoms. The first kappa shape index (κ1) is 14.6. The normalized spacial score (nSPS) is 20.3. The number of hydrogen-bond donors (Lipinski definition) is 0. The van der Waals surface area contributed by atoms with E-state index in [0.717, 1.165) is 23.0 Å². The summed E-state index contributed by atoms with van der Waals surface area (Å²) in [5.41, 5.74) is 1.02. The van der Waals surface area contributed by atoms with Crippen LogP contribution in [0.1, 0.15) is 36.3 Å². The van der Waals surface area contributed by atoms with Gasteiger partial charge in [-0.3, -0.25) is 4.79 Å². The molecule has 3 nitrogen and oxygen atoms in total. The highest BCUT2D eigenvalue weighted by Gasteiger charge is 2.36. The molecule has 0 spiro atoms. The molecule has 1 heterocycles. The van der Waals surface area contributed by atoms with E-state index in [-0.39, 0.29) is 5.91 Å². The van der Waals surface area contributed by atoms with Crippen LogP contribution in [0.25, 0.3) is 6.08 Å². The molecule has 1 fully saturated rings. The second kappa shape index (κ2) is 6.22. The summed E-state index contributed by atoms with van der Waals surface area (Å²) in [6, 6.07) is 13.8. The summed E-state index contributed by atoms with van der Waals surface area (Å²) in [5, 5.41) is 0. The maximum atomic E-state index is 12.1. The maximum Gasteiger partial charge on any atom is 0.246 e. The fourth-order valence-electron chi connectivity index (χ4n) is 2.57. The lowest BCUT2D eigenvalue weighted by atomic mass is 10.2. The summed E-state index contributed by atoms with van der Waals surface area (Å²) >= 11 is 0. The van der Waals surface area contributed by atoms with Crippen molar-refractivity contribution < 1.29 is 9.21 Å². The number of carbonyl (C=O) groups is 1. The highest BCUT2D eigenvalue weighted by molar-refractivity contribution is 5.91. The highest BCUT2D eigenvalue weighted by Crippen LogP contribution is 2.47. The summed E-state index contributed by atoms with van der Waals surface area (Å²) in [7, 11) is 1.79. The van der Waals surface area contributed by atoms with Gasteiger partial charge in [0.1, 0.15) is 11.5 Å². The molecule has 0 N–H and O–H groups in total. The van der Waals surface area contributed by atoms with Crippen molar-refractivity contribution in [2.75, 3.05) is 7.05 Å². The number of nitrogens with zero attached hydrogens (tertiary/aromatic N) is 1. The van der Waals surface area contributed by atoms with Crippen LogP contribution in [-0.2, 0) is 11.3 Å². The summed E-state index contributed by atoms with van der Waals surface area (Å²) in [6.07, 6.45) is 4.64. The van der Waals surface area contributed by atoms with Crippen molar-refractivity contribution in [3.63, 3.8) is 0 Å². The lowest BCUT2D eigenvalue weighted by Crippen LogP contribution is -2.23. The molecular weight excluding hydrogens is 274 g/mol. The molecule has 3 heteroatoms. The van der Waals surface area contributed by atoms with Crippen LogP contribution >= 0.6 is 0 Å². The number of rotatable bonds is 5. The molecule has 0 unspecified atom stereocenters. The average Bonchev–Trinajstić information content (AvgIpc) is 3.08. The molecule has 2 aromatic rings. The first-order chi connectivity index (χ1) is 10.6. The molecule has 0 radical (unpaired) electrons. The fraction of sp³-hybridized carbons (Fsp3) is 0.316. The van der Waals surface area contributed by atoms with Crippen molar-refractivity contribution in [2.24, 2.45) is 5.92 Å². The van der Waals surface area contributed by atoms with Crippen molar-refractivity contribution >= 4 is 12.0 Å². The second-order valence-corrected chi connectivity index (χ2v) is 6.06. The number of hydrogen-bond acceptors (Lipinski definition) is 2. The van der Waals surface area contributed by atoms with Crippen LogP contribution in [0.2, 0.25) is 0 Å². The zero-order valence-electron chi connectivity index (χ0n) is 13.0. The van der Waals surface area contributed by atoms with E-state index in [4.69, 9.17) is 4.42 Å². The minimum atomic E-state index is -0.0263. The summed E-state index contributed by atoms with van der Waals surface area (Å²) in [6.45, 7) is 2.73. The molecule has 0 saturated heterocycles. The molecule has 1 aromatic heterocycles. The Kier molecular flexibility index (Phi) is 4.14. The third-order valence-corrected chi connectivity index (χ3v) is 4.14. The van der Waals surface area contributed by atoms with Crippen LogP contribution in [0.15, 0.2) is 53.0 Å². The molecular formula is C19H21NO2. The van der Waals surface area contributed by atoms with Gasteiger partial charge in [0.25, 0.3) is 0 Å². The number of furan rings is 1. The van der Waals surface area contributed by atoms with Gasteiger partial charge in [0.05, 0.1) is 6.54 Å². The van der Waals surface area contributed by atoms with Crippen molar-refractivity contribution in [1.82, 2.24) is 4.90 Å². The molecule has 1 aromatic carbocycles. The van der Waals surface area contributed by atoms with E-state index < -0.39 is 0 Å². The smallest absolute Gasteiger partial charge is 0.246 e. The third-order valence-electron chi connectivity index (χ3n) is 4.14. The number of benzene rings is 1. The van der Waals surface area contributed by atoms with E-state index in [1.807, 2.05) is 48.5 Å². The largest absolute Gasteiger partial charge is 0.464 e. The van der Waals surface area contributed by atoms with E-state index in [0.29, 0.717) is 12.5 Å². The molecule has 2 atom stereocenters. The van der Waals surface area contributed by atoms with Crippen LogP contribution < -0.4 is 0 Å². The second-order valence-electron chi connectivity index (χ2n) is 6.06. The lowest BCUT2D eigenvalue weighted by Gasteiger charge is -2.13. The Morgan fingerprint density at radius 3 is 2.68 bits per heavy atom. The predicted molar refractivity (Wildman–Crippen MR) is 87.2 cm³/mol. The Bertz CT molecular complexity index is 672. The first-order valence-electron chi connectivity index (χ1n) is 7.70. The Labute approximate surface area is 131 Å². The van der Waals surface area contributed by atoms with E-state index in [9.17, 15) is 4.79 Å². The zero-order valence-corrected chi connectivity index (χ0v) is 13.0. The lowest BCUT2D eigenvalue weighted by molar-refractivity contribution is -0.125. The van der Waals surface area contributed by atoms with Crippen LogP contribution in [0, 0.1) is 5.92 Å². The van der Waals surface area contributed by atoms with Crippen molar-refractivity contribution in [2.45, 2.75) is 25.8 Å². The van der Waals surface area contributed by atoms with Crippen molar-refractivity contribution in [1.29, 1.82) is 0 Å². The number of likely N-dealkylation sites (N-methyl/N-ethyl adjacent to an activating group) is 1. The van der Waals surface area contributed by atoms with Crippen LogP contribution in [0.3, 0.4) is 0 Å². The topological polar surface area (TPSA) is 33.5 Å². The molecule has 114 valence electrons. The van der Waals surface area contributed by atoms with E-state index in [2.05, 4.69) is 6.92 Å². The minimum Gasteiger partial charge on any atom is -0.464 e. The van der Waals surface area contributed by atoms with Gasteiger partial charge in [0.15, 0.2) is 0 Å². The number of carbonyl (C=O) groups excluding carboxylic acids is 1. The fourth-order valence-corrected chi connectivity index (χ4v) is 2.57. The Morgan fingerprint density at radius 2 is 2.00 bits per heavy atom. The monoisotopic (exact) mass is 295 g/mol. The minimum absolute atomic E-state index is 0.0263. The van der Waals surface area contributed by atoms with Gasteiger partial charge in [-0.2, -0.15) is 0 Å². The van der Waals surface area contributed by atoms with Crippen LogP contribution in [0.5, 0.6) is 0 Å². The average molecular weight is 295 g/mol. The van der Waals surface area contributed by atoms with Gasteiger partial charge in [0.2, 0.25) is 5.91 Å². The van der Waals surface area contributed by atoms with Gasteiger partial charge in [-0.15, -0.1) is 0 Å². The quantitative estimate of drug-likeness (QED) is 0.779. The van der Waals surface area contributed by atoms with Crippen molar-refractivity contribution in [3.8, 4) is 0 Å². The standard InChI is InChI=1S/C19H21NO2/c1-14-12-17(14)18-10-9-16(22-18)13-20(2)19(21)11-8-15-6-4-3-5-7-15/h3-11,14,17H,12-13H2,1-2H3/b11-8+/t14-,17-/m0/s1. The summed E-state index contributed by atoms with van der Waals surface area (Å²) in [5.74, 6) is 3.18. The van der Waals surface area contributed by atoms with Crippen molar-refractivity contribution in [3.05, 3.63) is 65.6 Å². The highest BCUT2D eigenvalue weighted by atomic mass is 16.3. The van der Waals surface area contributed by atoms with Gasteiger partial charge >= 0.3 is 0 Å². The van der Waals surface area contributed by atoms with Gasteiger partial charge in [0, 0.05) is 19.0 Å². The van der Waals surface area contributed by atoms with Gasteiger partial charge in [-0.1, -0.05) is 37.3 Å². The van der Waals surface area contributed by atoms with E-state index >= 15 is 0 Å². The third kappa shape index (κ3) is 3.48. The number of amides is 1. The van der Waals surface area contributed by atoms with E-state index in [1.54, 1.807) is 18.0 Å². The molecule has 0 bridgehead atoms. The Hall–Kier alpha value is -2.29. The molecule has 3 rings (SSSR count). The molecule has 1 saturated carbocycles. The van der Waals surface area contributed by atoms with Gasteiger partial charge < -0.3 is 9.32 Å². The SMILES string of the molecule is C[C@H]1C[C@@H]1c1ccc(CN(C)C(=O)/C=C/c2ccccc2)o1. The summed E-state index contributed by atoms with van der Waals surface area (Å²) < 4.78 is 5.84. The Morgan fingerprint density at radius 1 is 1.27 bits per heavy atom. The van der Waals surface area contributed by atoms with Crippen LogP contribution in [-0.4, -0.2) is 17.9 Å². The molecule has 1 aliphatic rings. The molecule has 0 aliphatic heterocycles. The van der Waals surface area contributed by atoms with Gasteiger partial charge in [-0.05, 0) is 36.1 Å². The maximum absolute atomic E-state index is 12.1. The molecule has 1 aliphatic carbocycles. The van der Waals surface area contributed by atoms with E-state index in [1.165, 1.54) is 6.42 Å². The summed E-state index contributed by atoms with van der Waals surface area (Å²) in [4.78, 5) is 13.8. The Balaban J connectivity index is 1.57. The predicted octanol–water partition coefficient (Wildman–Crippen LogP) is 4.07. The molecule has 1 amide bonds. The zero-order chi connectivity index (χ0) is 15.5. The van der Waals surface area contributed by atoms with Gasteiger partial charge in [-0.25, -0.2) is 0 Å². The van der Waals surface area contributed by atoms with Crippen LogP contribution in [0.4, 0.5) is 0 Å². The first-order valence-corrected chi connectivity index (χ1v) is 7.70.